The Morgan fingerprint density at radius 2 is 1.76 bits per heavy atom. The zero-order valence-electron chi connectivity index (χ0n) is 14.2. The van der Waals surface area contributed by atoms with E-state index in [1.165, 1.54) is 6.33 Å². The lowest BCUT2D eigenvalue weighted by Gasteiger charge is -2.13. The third kappa shape index (κ3) is 3.80. The number of nitrogens with one attached hydrogen (secondary N) is 1. The highest BCUT2D eigenvalue weighted by Gasteiger charge is 2.12. The van der Waals surface area contributed by atoms with Gasteiger partial charge in [0.2, 0.25) is 5.88 Å². The number of nitrogens with two attached hydrogens (primary N) is 1. The van der Waals surface area contributed by atoms with Crippen molar-refractivity contribution in [2.45, 2.75) is 20.8 Å². The number of nitrogen functional groups attached to an aromatic ring is 1. The normalized spacial score (nSPS) is 10.6. The van der Waals surface area contributed by atoms with Crippen LogP contribution in [0.2, 0.25) is 5.02 Å². The highest BCUT2D eigenvalue weighted by atomic mass is 35.5. The van der Waals surface area contributed by atoms with Crippen molar-refractivity contribution in [3.8, 4) is 11.6 Å². The zero-order valence-corrected chi connectivity index (χ0v) is 14.9. The van der Waals surface area contributed by atoms with Gasteiger partial charge in [-0.25, -0.2) is 9.97 Å². The van der Waals surface area contributed by atoms with Crippen LogP contribution in [-0.4, -0.2) is 15.0 Å². The summed E-state index contributed by atoms with van der Waals surface area (Å²) in [4.78, 5) is 12.5. The maximum atomic E-state index is 6.19. The average Bonchev–Trinajstić information content (AvgIpc) is 2.56. The number of anilines is 3. The number of rotatable bonds is 4. The van der Waals surface area contributed by atoms with Crippen LogP contribution in [-0.2, 0) is 0 Å². The van der Waals surface area contributed by atoms with Crippen LogP contribution < -0.4 is 15.8 Å². The molecule has 2 aromatic heterocycles. The Morgan fingerprint density at radius 1 is 1.04 bits per heavy atom. The number of hydrogen-bond donors (Lipinski definition) is 2. The minimum Gasteiger partial charge on any atom is -0.437 e. The van der Waals surface area contributed by atoms with Crippen LogP contribution >= 0.6 is 11.6 Å². The van der Waals surface area contributed by atoms with Gasteiger partial charge < -0.3 is 15.8 Å². The first kappa shape index (κ1) is 17.0. The van der Waals surface area contributed by atoms with Crippen LogP contribution in [0, 0.1) is 20.8 Å². The fourth-order valence-electron chi connectivity index (χ4n) is 2.36. The van der Waals surface area contributed by atoms with Gasteiger partial charge in [0.15, 0.2) is 5.82 Å². The minimum atomic E-state index is 0.270. The van der Waals surface area contributed by atoms with Gasteiger partial charge >= 0.3 is 0 Å². The van der Waals surface area contributed by atoms with Crippen molar-refractivity contribution in [2.75, 3.05) is 11.1 Å². The second-order valence-electron chi connectivity index (χ2n) is 5.76. The third-order valence-corrected chi connectivity index (χ3v) is 4.23. The lowest BCUT2D eigenvalue weighted by molar-refractivity contribution is 0.464. The van der Waals surface area contributed by atoms with Crippen molar-refractivity contribution in [2.24, 2.45) is 0 Å². The number of aromatic nitrogens is 3. The summed E-state index contributed by atoms with van der Waals surface area (Å²) in [6, 6.07) is 7.49. The Kier molecular flexibility index (Phi) is 4.72. The van der Waals surface area contributed by atoms with Gasteiger partial charge in [0.1, 0.15) is 23.6 Å². The molecule has 2 heterocycles. The molecule has 6 nitrogen and oxygen atoms in total. The van der Waals surface area contributed by atoms with Crippen LogP contribution in [0.5, 0.6) is 11.6 Å². The van der Waals surface area contributed by atoms with Gasteiger partial charge in [0, 0.05) is 11.2 Å². The van der Waals surface area contributed by atoms with E-state index in [4.69, 9.17) is 22.1 Å². The van der Waals surface area contributed by atoms with E-state index in [0.29, 0.717) is 23.1 Å². The summed E-state index contributed by atoms with van der Waals surface area (Å²) >= 11 is 6.19. The topological polar surface area (TPSA) is 86.0 Å². The van der Waals surface area contributed by atoms with E-state index in [2.05, 4.69) is 20.3 Å². The maximum Gasteiger partial charge on any atom is 0.248 e. The molecule has 128 valence electrons. The average molecular weight is 356 g/mol. The quantitative estimate of drug-likeness (QED) is 0.713. The van der Waals surface area contributed by atoms with Gasteiger partial charge in [-0.05, 0) is 61.7 Å². The molecule has 0 amide bonds. The molecule has 3 rings (SSSR count). The predicted octanol–water partition coefficient (Wildman–Crippen LogP) is 4.57. The highest BCUT2D eigenvalue weighted by molar-refractivity contribution is 6.32. The molecule has 0 unspecified atom stereocenters. The maximum absolute atomic E-state index is 6.19. The van der Waals surface area contributed by atoms with Crippen LogP contribution in [0.25, 0.3) is 0 Å². The summed E-state index contributed by atoms with van der Waals surface area (Å²) in [6.45, 7) is 5.82. The van der Waals surface area contributed by atoms with Crippen molar-refractivity contribution in [1.82, 2.24) is 15.0 Å². The summed E-state index contributed by atoms with van der Waals surface area (Å²) < 4.78 is 5.83. The molecule has 0 saturated carbocycles. The molecule has 0 bridgehead atoms. The van der Waals surface area contributed by atoms with Gasteiger partial charge in [-0.1, -0.05) is 11.6 Å². The standard InChI is InChI=1S/C18H18ClN5O/c1-10-4-5-21-14(6-10)24-17-16(20)18(23-9-22-17)25-13-7-11(2)15(19)12(3)8-13/h4-9H,20H2,1-3H3,(H,21,22,23,24). The number of aryl methyl sites for hydroxylation is 3. The number of nitrogens with zero attached hydrogens (tertiary/aromatic N) is 3. The molecule has 0 radical (unpaired) electrons. The molecule has 3 aromatic rings. The molecule has 0 aliphatic heterocycles. The smallest absolute Gasteiger partial charge is 0.248 e. The molecule has 0 atom stereocenters. The third-order valence-electron chi connectivity index (χ3n) is 3.63. The molecule has 1 aromatic carbocycles. The van der Waals surface area contributed by atoms with Crippen molar-refractivity contribution in [3.63, 3.8) is 0 Å². The highest BCUT2D eigenvalue weighted by Crippen LogP contribution is 2.33. The summed E-state index contributed by atoms with van der Waals surface area (Å²) in [6.07, 6.45) is 3.10. The first-order valence-electron chi connectivity index (χ1n) is 7.69. The van der Waals surface area contributed by atoms with Crippen molar-refractivity contribution >= 4 is 28.9 Å². The Labute approximate surface area is 151 Å². The van der Waals surface area contributed by atoms with Crippen LogP contribution in [0.3, 0.4) is 0 Å². The van der Waals surface area contributed by atoms with Crippen molar-refractivity contribution < 1.29 is 4.74 Å². The molecule has 25 heavy (non-hydrogen) atoms. The number of ether oxygens (including phenoxy) is 1. The minimum absolute atomic E-state index is 0.270. The molecule has 0 saturated heterocycles. The molecular formula is C18H18ClN5O. The molecule has 0 aliphatic carbocycles. The Bertz CT molecular complexity index is 906. The molecule has 0 aliphatic rings. The first-order valence-corrected chi connectivity index (χ1v) is 8.06. The van der Waals surface area contributed by atoms with Gasteiger partial charge in [-0.3, -0.25) is 0 Å². The zero-order chi connectivity index (χ0) is 18.0. The molecule has 7 heteroatoms. The largest absolute Gasteiger partial charge is 0.437 e. The van der Waals surface area contributed by atoms with Crippen LogP contribution in [0.4, 0.5) is 17.3 Å². The molecular weight excluding hydrogens is 338 g/mol. The lowest BCUT2D eigenvalue weighted by atomic mass is 10.1. The second-order valence-corrected chi connectivity index (χ2v) is 6.14. The molecule has 3 N–H and O–H groups in total. The number of benzene rings is 1. The van der Waals surface area contributed by atoms with Gasteiger partial charge in [0.05, 0.1) is 0 Å². The van der Waals surface area contributed by atoms with E-state index >= 15 is 0 Å². The monoisotopic (exact) mass is 355 g/mol. The van der Waals surface area contributed by atoms with Crippen molar-refractivity contribution in [3.05, 3.63) is 58.5 Å². The lowest BCUT2D eigenvalue weighted by Crippen LogP contribution is -2.04. The second kappa shape index (κ2) is 6.94. The fourth-order valence-corrected chi connectivity index (χ4v) is 2.47. The molecule has 0 spiro atoms. The SMILES string of the molecule is Cc1ccnc(Nc2ncnc(Oc3cc(C)c(Cl)c(C)c3)c2N)c1. The van der Waals surface area contributed by atoms with Gasteiger partial charge in [-0.15, -0.1) is 0 Å². The fraction of sp³-hybridized carbons (Fsp3) is 0.167. The van der Waals surface area contributed by atoms with E-state index in [-0.39, 0.29) is 5.88 Å². The van der Waals surface area contributed by atoms with E-state index in [1.807, 2.05) is 45.0 Å². The first-order chi connectivity index (χ1) is 11.9. The Morgan fingerprint density at radius 3 is 2.44 bits per heavy atom. The summed E-state index contributed by atoms with van der Waals surface area (Å²) in [7, 11) is 0. The van der Waals surface area contributed by atoms with E-state index in [0.717, 1.165) is 21.7 Å². The summed E-state index contributed by atoms with van der Waals surface area (Å²) in [5.41, 5.74) is 9.38. The Balaban J connectivity index is 1.88. The number of halogens is 1. The number of pyridine rings is 1. The van der Waals surface area contributed by atoms with Crippen LogP contribution in [0.1, 0.15) is 16.7 Å². The summed E-state index contributed by atoms with van der Waals surface area (Å²) in [5, 5.41) is 3.80. The van der Waals surface area contributed by atoms with E-state index in [1.54, 1.807) is 6.20 Å². The van der Waals surface area contributed by atoms with E-state index < -0.39 is 0 Å². The Hall–Kier alpha value is -2.86. The predicted molar refractivity (Wildman–Crippen MR) is 99.7 cm³/mol. The van der Waals surface area contributed by atoms with Gasteiger partial charge in [0.25, 0.3) is 0 Å². The number of hydrogen-bond acceptors (Lipinski definition) is 6. The van der Waals surface area contributed by atoms with Gasteiger partial charge in [-0.2, -0.15) is 4.98 Å². The summed E-state index contributed by atoms with van der Waals surface area (Å²) in [5.74, 6) is 1.97. The van der Waals surface area contributed by atoms with Crippen molar-refractivity contribution in [1.29, 1.82) is 0 Å². The van der Waals surface area contributed by atoms with E-state index in [9.17, 15) is 0 Å². The van der Waals surface area contributed by atoms with Crippen LogP contribution in [0.15, 0.2) is 36.8 Å². The molecule has 0 fully saturated rings.